The first-order valence-corrected chi connectivity index (χ1v) is 11.0. The van der Waals surface area contributed by atoms with E-state index in [0.717, 1.165) is 39.7 Å². The molecule has 1 fully saturated rings. The number of ether oxygens (including phenoxy) is 1. The summed E-state index contributed by atoms with van der Waals surface area (Å²) >= 11 is 1.65. The van der Waals surface area contributed by atoms with Gasteiger partial charge in [-0.25, -0.2) is 9.78 Å². The molecule has 1 N–H and O–H groups in total. The first-order chi connectivity index (χ1) is 13.4. The minimum Gasteiger partial charge on any atom is -0.490 e. The van der Waals surface area contributed by atoms with Gasteiger partial charge in [-0.05, 0) is 64.2 Å². The van der Waals surface area contributed by atoms with Crippen molar-refractivity contribution < 1.29 is 9.53 Å². The van der Waals surface area contributed by atoms with Crippen LogP contribution in [0.5, 0.6) is 5.75 Å². The number of nitrogens with zero attached hydrogens (tertiary/aromatic N) is 2. The zero-order valence-corrected chi connectivity index (χ0v) is 18.1. The number of amides is 2. The molecule has 28 heavy (non-hydrogen) atoms. The lowest BCUT2D eigenvalue weighted by atomic mass is 9.98. The second-order valence-electron chi connectivity index (χ2n) is 7.65. The molecule has 152 valence electrons. The Hall–Kier alpha value is -2.08. The highest BCUT2D eigenvalue weighted by atomic mass is 32.1. The maximum atomic E-state index is 12.6. The Labute approximate surface area is 172 Å². The first kappa shape index (κ1) is 20.6. The lowest BCUT2D eigenvalue weighted by Gasteiger charge is -2.25. The van der Waals surface area contributed by atoms with Gasteiger partial charge in [0, 0.05) is 18.5 Å². The van der Waals surface area contributed by atoms with Crippen molar-refractivity contribution in [2.75, 3.05) is 7.05 Å². The van der Waals surface area contributed by atoms with Crippen molar-refractivity contribution in [3.05, 3.63) is 45.4 Å². The van der Waals surface area contributed by atoms with Crippen molar-refractivity contribution in [2.45, 2.75) is 71.6 Å². The number of rotatable bonds is 6. The highest BCUT2D eigenvalue weighted by molar-refractivity contribution is 7.11. The van der Waals surface area contributed by atoms with Crippen LogP contribution >= 0.6 is 11.3 Å². The minimum absolute atomic E-state index is 0.00725. The molecular weight excluding hydrogens is 370 g/mol. The van der Waals surface area contributed by atoms with Gasteiger partial charge in [0.2, 0.25) is 0 Å². The van der Waals surface area contributed by atoms with E-state index in [1.54, 1.807) is 16.2 Å². The van der Waals surface area contributed by atoms with Crippen LogP contribution in [0, 0.1) is 13.8 Å². The Bertz CT molecular complexity index is 799. The molecule has 2 aromatic rings. The van der Waals surface area contributed by atoms with Crippen LogP contribution in [0.4, 0.5) is 4.79 Å². The van der Waals surface area contributed by atoms with Gasteiger partial charge in [0.15, 0.2) is 0 Å². The van der Waals surface area contributed by atoms with Gasteiger partial charge in [0.05, 0.1) is 22.8 Å². The van der Waals surface area contributed by atoms with Crippen LogP contribution in [-0.2, 0) is 6.54 Å². The molecule has 0 aliphatic heterocycles. The van der Waals surface area contributed by atoms with E-state index < -0.39 is 0 Å². The van der Waals surface area contributed by atoms with Gasteiger partial charge in [0.1, 0.15) is 5.75 Å². The van der Waals surface area contributed by atoms with E-state index in [-0.39, 0.29) is 12.1 Å². The van der Waals surface area contributed by atoms with Gasteiger partial charge in [-0.15, -0.1) is 11.3 Å². The zero-order chi connectivity index (χ0) is 20.1. The molecule has 0 spiro atoms. The molecule has 5 nitrogen and oxygen atoms in total. The molecule has 0 saturated heterocycles. The standard InChI is InChI=1S/C22H31N3O2S/c1-15-21(28-17(3)24-15)16(2)25(4)22(26)23-14-18-9-8-12-20(13-18)27-19-10-6-5-7-11-19/h8-9,12-13,16,19H,5-7,10-11,14H2,1-4H3,(H,23,26). The molecule has 1 unspecified atom stereocenters. The SMILES string of the molecule is Cc1nc(C)c(C(C)N(C)C(=O)NCc2cccc(OC3CCCCC3)c2)s1. The molecule has 1 atom stereocenters. The van der Waals surface area contributed by atoms with Gasteiger partial charge < -0.3 is 15.0 Å². The monoisotopic (exact) mass is 401 g/mol. The van der Waals surface area contributed by atoms with E-state index in [4.69, 9.17) is 4.74 Å². The van der Waals surface area contributed by atoms with Crippen molar-refractivity contribution in [1.29, 1.82) is 0 Å². The van der Waals surface area contributed by atoms with Crippen LogP contribution in [0.15, 0.2) is 24.3 Å². The maximum Gasteiger partial charge on any atom is 0.317 e. The number of aromatic nitrogens is 1. The van der Waals surface area contributed by atoms with E-state index in [0.29, 0.717) is 12.6 Å². The summed E-state index contributed by atoms with van der Waals surface area (Å²) in [5.41, 5.74) is 2.05. The number of hydrogen-bond acceptors (Lipinski definition) is 4. The molecule has 1 aromatic carbocycles. The van der Waals surface area contributed by atoms with Crippen LogP contribution < -0.4 is 10.1 Å². The molecule has 0 radical (unpaired) electrons. The Balaban J connectivity index is 1.55. The molecule has 1 aliphatic rings. The minimum atomic E-state index is -0.0865. The summed E-state index contributed by atoms with van der Waals surface area (Å²) in [6, 6.07) is 7.96. The lowest BCUT2D eigenvalue weighted by Crippen LogP contribution is -2.38. The summed E-state index contributed by atoms with van der Waals surface area (Å²) in [5, 5.41) is 4.05. The third-order valence-corrected chi connectivity index (χ3v) is 6.66. The fourth-order valence-corrected chi connectivity index (χ4v) is 4.72. The van der Waals surface area contributed by atoms with Crippen LogP contribution in [-0.4, -0.2) is 29.1 Å². The van der Waals surface area contributed by atoms with Gasteiger partial charge in [-0.3, -0.25) is 0 Å². The highest BCUT2D eigenvalue weighted by Gasteiger charge is 2.21. The number of urea groups is 1. The summed E-state index contributed by atoms with van der Waals surface area (Å²) in [6.07, 6.45) is 6.43. The third-order valence-electron chi connectivity index (χ3n) is 5.42. The summed E-state index contributed by atoms with van der Waals surface area (Å²) in [6.45, 7) is 6.52. The van der Waals surface area contributed by atoms with Gasteiger partial charge in [-0.2, -0.15) is 0 Å². The van der Waals surface area contributed by atoms with E-state index in [1.165, 1.54) is 19.3 Å². The van der Waals surface area contributed by atoms with Crippen molar-refractivity contribution in [2.24, 2.45) is 0 Å². The average molecular weight is 402 g/mol. The maximum absolute atomic E-state index is 12.6. The predicted octanol–water partition coefficient (Wildman–Crippen LogP) is 5.37. The second-order valence-corrected chi connectivity index (χ2v) is 8.89. The van der Waals surface area contributed by atoms with E-state index in [2.05, 4.69) is 10.3 Å². The quantitative estimate of drug-likeness (QED) is 0.707. The Kier molecular flexibility index (Phi) is 6.94. The topological polar surface area (TPSA) is 54.5 Å². The van der Waals surface area contributed by atoms with Crippen LogP contribution in [0.1, 0.15) is 66.2 Å². The van der Waals surface area contributed by atoms with Gasteiger partial charge in [0.25, 0.3) is 0 Å². The first-order valence-electron chi connectivity index (χ1n) is 10.1. The van der Waals surface area contributed by atoms with Crippen molar-refractivity contribution >= 4 is 17.4 Å². The molecule has 1 aliphatic carbocycles. The number of benzene rings is 1. The Morgan fingerprint density at radius 2 is 2.07 bits per heavy atom. The molecule has 1 saturated carbocycles. The predicted molar refractivity (Wildman–Crippen MR) is 114 cm³/mol. The van der Waals surface area contributed by atoms with E-state index >= 15 is 0 Å². The molecule has 1 aromatic heterocycles. The number of thiazole rings is 1. The lowest BCUT2D eigenvalue weighted by molar-refractivity contribution is 0.155. The largest absolute Gasteiger partial charge is 0.490 e. The highest BCUT2D eigenvalue weighted by Crippen LogP contribution is 2.28. The van der Waals surface area contributed by atoms with Crippen LogP contribution in [0.2, 0.25) is 0 Å². The van der Waals surface area contributed by atoms with Crippen molar-refractivity contribution in [3.63, 3.8) is 0 Å². The smallest absolute Gasteiger partial charge is 0.317 e. The molecule has 0 bridgehead atoms. The average Bonchev–Trinajstić information content (AvgIpc) is 3.04. The summed E-state index contributed by atoms with van der Waals surface area (Å²) < 4.78 is 6.13. The van der Waals surface area contributed by atoms with Crippen molar-refractivity contribution in [3.8, 4) is 5.75 Å². The zero-order valence-electron chi connectivity index (χ0n) is 17.3. The fraction of sp³-hybridized carbons (Fsp3) is 0.545. The number of carbonyl (C=O) groups excluding carboxylic acids is 1. The van der Waals surface area contributed by atoms with Crippen molar-refractivity contribution in [1.82, 2.24) is 15.2 Å². The van der Waals surface area contributed by atoms with Gasteiger partial charge >= 0.3 is 6.03 Å². The molecular formula is C22H31N3O2S. The van der Waals surface area contributed by atoms with Crippen LogP contribution in [0.3, 0.4) is 0 Å². The second kappa shape index (κ2) is 9.41. The number of aryl methyl sites for hydroxylation is 2. The molecule has 1 heterocycles. The molecule has 6 heteroatoms. The fourth-order valence-electron chi connectivity index (χ4n) is 3.69. The number of hydrogen-bond donors (Lipinski definition) is 1. The number of carbonyl (C=O) groups is 1. The summed E-state index contributed by atoms with van der Waals surface area (Å²) in [5.74, 6) is 0.899. The molecule has 3 rings (SSSR count). The van der Waals surface area contributed by atoms with E-state index in [1.807, 2.05) is 52.1 Å². The van der Waals surface area contributed by atoms with Crippen LogP contribution in [0.25, 0.3) is 0 Å². The number of nitrogens with one attached hydrogen (secondary N) is 1. The molecule has 2 amide bonds. The normalized spacial score (nSPS) is 15.9. The Morgan fingerprint density at radius 1 is 1.32 bits per heavy atom. The Morgan fingerprint density at radius 3 is 2.75 bits per heavy atom. The summed E-state index contributed by atoms with van der Waals surface area (Å²) in [7, 11) is 1.83. The van der Waals surface area contributed by atoms with E-state index in [9.17, 15) is 4.79 Å². The van der Waals surface area contributed by atoms with Gasteiger partial charge in [-0.1, -0.05) is 18.6 Å². The third kappa shape index (κ3) is 5.25. The summed E-state index contributed by atoms with van der Waals surface area (Å²) in [4.78, 5) is 20.0.